The van der Waals surface area contributed by atoms with Gasteiger partial charge in [-0.2, -0.15) is 0 Å². The Morgan fingerprint density at radius 1 is 1.31 bits per heavy atom. The van der Waals surface area contributed by atoms with E-state index in [0.29, 0.717) is 17.1 Å². The Hall–Kier alpha value is -0.180. The third-order valence-corrected chi connectivity index (χ3v) is 3.50. The van der Waals surface area contributed by atoms with E-state index in [0.717, 1.165) is 12.3 Å². The summed E-state index contributed by atoms with van der Waals surface area (Å²) >= 11 is 1.63. The SMILES string of the molecule is CCC(SN=C(N)C(C)C)C(C)C. The van der Waals surface area contributed by atoms with Crippen molar-refractivity contribution in [3.05, 3.63) is 0 Å². The largest absolute Gasteiger partial charge is 0.386 e. The molecule has 0 spiro atoms. The van der Waals surface area contributed by atoms with E-state index in [2.05, 4.69) is 39.0 Å². The van der Waals surface area contributed by atoms with Gasteiger partial charge in [-0.15, -0.1) is 0 Å². The fourth-order valence-corrected chi connectivity index (χ4v) is 1.76. The molecule has 0 fully saturated rings. The summed E-state index contributed by atoms with van der Waals surface area (Å²) in [4.78, 5) is 0. The third kappa shape index (κ3) is 5.19. The van der Waals surface area contributed by atoms with E-state index in [9.17, 15) is 0 Å². The first-order chi connectivity index (χ1) is 5.99. The van der Waals surface area contributed by atoms with Gasteiger partial charge in [0.2, 0.25) is 0 Å². The van der Waals surface area contributed by atoms with Crippen molar-refractivity contribution in [1.29, 1.82) is 0 Å². The lowest BCUT2D eigenvalue weighted by atomic mass is 10.1. The number of rotatable bonds is 5. The highest BCUT2D eigenvalue weighted by Crippen LogP contribution is 2.23. The highest BCUT2D eigenvalue weighted by molar-refractivity contribution is 7.98. The summed E-state index contributed by atoms with van der Waals surface area (Å²) in [7, 11) is 0. The molecule has 0 heterocycles. The second-order valence-corrected chi connectivity index (χ2v) is 4.97. The molecule has 0 bridgehead atoms. The average molecular weight is 202 g/mol. The zero-order valence-corrected chi connectivity index (χ0v) is 10.2. The molecule has 0 aliphatic heterocycles. The number of hydrogen-bond donors (Lipinski definition) is 1. The normalized spacial score (nSPS) is 15.5. The number of hydrogen-bond acceptors (Lipinski definition) is 2. The summed E-state index contributed by atoms with van der Waals surface area (Å²) in [5, 5.41) is 0.595. The lowest BCUT2D eigenvalue weighted by molar-refractivity contribution is 0.594. The van der Waals surface area contributed by atoms with Gasteiger partial charge in [-0.25, -0.2) is 4.40 Å². The van der Waals surface area contributed by atoms with Crippen LogP contribution in [0.1, 0.15) is 41.0 Å². The zero-order chi connectivity index (χ0) is 10.4. The van der Waals surface area contributed by atoms with Crippen LogP contribution in [0.2, 0.25) is 0 Å². The van der Waals surface area contributed by atoms with Crippen LogP contribution in [0.15, 0.2) is 4.40 Å². The molecule has 3 heteroatoms. The molecule has 1 unspecified atom stereocenters. The van der Waals surface area contributed by atoms with Crippen LogP contribution in [0.5, 0.6) is 0 Å². The van der Waals surface area contributed by atoms with Gasteiger partial charge in [0.15, 0.2) is 0 Å². The monoisotopic (exact) mass is 202 g/mol. The molecule has 13 heavy (non-hydrogen) atoms. The van der Waals surface area contributed by atoms with Gasteiger partial charge in [0.25, 0.3) is 0 Å². The van der Waals surface area contributed by atoms with E-state index in [4.69, 9.17) is 5.73 Å². The zero-order valence-electron chi connectivity index (χ0n) is 9.37. The smallest absolute Gasteiger partial charge is 0.110 e. The Morgan fingerprint density at radius 2 is 1.85 bits per heavy atom. The first-order valence-electron chi connectivity index (χ1n) is 4.98. The van der Waals surface area contributed by atoms with Crippen molar-refractivity contribution in [2.24, 2.45) is 22.0 Å². The topological polar surface area (TPSA) is 38.4 Å². The molecule has 0 amide bonds. The Balaban J connectivity index is 4.04. The summed E-state index contributed by atoms with van der Waals surface area (Å²) in [5.41, 5.74) is 5.75. The van der Waals surface area contributed by atoms with Gasteiger partial charge in [0, 0.05) is 11.2 Å². The molecule has 0 aromatic heterocycles. The van der Waals surface area contributed by atoms with Gasteiger partial charge >= 0.3 is 0 Å². The first-order valence-corrected chi connectivity index (χ1v) is 5.81. The van der Waals surface area contributed by atoms with Gasteiger partial charge in [-0.05, 0) is 24.3 Å². The fraction of sp³-hybridized carbons (Fsp3) is 0.900. The van der Waals surface area contributed by atoms with E-state index in [1.54, 1.807) is 11.9 Å². The van der Waals surface area contributed by atoms with E-state index in [-0.39, 0.29) is 0 Å². The number of nitrogens with two attached hydrogens (primary N) is 1. The molecule has 1 atom stereocenters. The summed E-state index contributed by atoms with van der Waals surface area (Å²) in [6.07, 6.45) is 1.15. The minimum absolute atomic E-state index is 0.358. The van der Waals surface area contributed by atoms with Gasteiger partial charge < -0.3 is 5.73 Å². The quantitative estimate of drug-likeness (QED) is 0.423. The lowest BCUT2D eigenvalue weighted by Gasteiger charge is -2.15. The van der Waals surface area contributed by atoms with Crippen LogP contribution in [0, 0.1) is 11.8 Å². The summed E-state index contributed by atoms with van der Waals surface area (Å²) < 4.78 is 4.33. The Morgan fingerprint density at radius 3 is 2.15 bits per heavy atom. The highest BCUT2D eigenvalue weighted by atomic mass is 32.2. The second-order valence-electron chi connectivity index (χ2n) is 3.97. The lowest BCUT2D eigenvalue weighted by Crippen LogP contribution is -2.19. The minimum Gasteiger partial charge on any atom is -0.386 e. The summed E-state index contributed by atoms with van der Waals surface area (Å²) in [5.74, 6) is 1.78. The molecule has 78 valence electrons. The van der Waals surface area contributed by atoms with Crippen molar-refractivity contribution in [1.82, 2.24) is 0 Å². The maximum Gasteiger partial charge on any atom is 0.110 e. The van der Waals surface area contributed by atoms with Crippen LogP contribution in [0.4, 0.5) is 0 Å². The van der Waals surface area contributed by atoms with Crippen LogP contribution < -0.4 is 5.73 Å². The van der Waals surface area contributed by atoms with Crippen molar-refractivity contribution in [2.45, 2.75) is 46.3 Å². The van der Waals surface area contributed by atoms with Crippen molar-refractivity contribution < 1.29 is 0 Å². The Bertz CT molecular complexity index is 164. The van der Waals surface area contributed by atoms with Crippen LogP contribution >= 0.6 is 11.9 Å². The number of amidine groups is 1. The van der Waals surface area contributed by atoms with Crippen molar-refractivity contribution >= 4 is 17.8 Å². The van der Waals surface area contributed by atoms with Crippen LogP contribution in [-0.2, 0) is 0 Å². The molecule has 2 nitrogen and oxygen atoms in total. The molecular weight excluding hydrogens is 180 g/mol. The van der Waals surface area contributed by atoms with E-state index >= 15 is 0 Å². The fourth-order valence-electron chi connectivity index (χ4n) is 0.902. The predicted octanol–water partition coefficient (Wildman–Crippen LogP) is 3.08. The highest BCUT2D eigenvalue weighted by Gasteiger charge is 2.11. The summed E-state index contributed by atoms with van der Waals surface area (Å²) in [6, 6.07) is 0. The van der Waals surface area contributed by atoms with Gasteiger partial charge in [-0.1, -0.05) is 34.6 Å². The van der Waals surface area contributed by atoms with Crippen molar-refractivity contribution in [3.8, 4) is 0 Å². The molecule has 0 rings (SSSR count). The molecular formula is C10H22N2S. The Kier molecular flexibility index (Phi) is 6.21. The Labute approximate surface area is 86.5 Å². The molecule has 0 aromatic carbocycles. The van der Waals surface area contributed by atoms with E-state index < -0.39 is 0 Å². The maximum absolute atomic E-state index is 5.75. The third-order valence-electron chi connectivity index (χ3n) is 2.03. The van der Waals surface area contributed by atoms with Crippen LogP contribution in [0.25, 0.3) is 0 Å². The summed E-state index contributed by atoms with van der Waals surface area (Å²) in [6.45, 7) is 10.8. The van der Waals surface area contributed by atoms with E-state index in [1.807, 2.05) is 0 Å². The molecule has 0 radical (unpaired) electrons. The predicted molar refractivity (Wildman–Crippen MR) is 63.0 cm³/mol. The molecule has 0 aromatic rings. The van der Waals surface area contributed by atoms with Crippen molar-refractivity contribution in [3.63, 3.8) is 0 Å². The average Bonchev–Trinajstić information content (AvgIpc) is 2.04. The standard InChI is InChI=1S/C10H22N2S/c1-6-9(7(2)3)13-12-10(11)8(4)5/h7-9H,6H2,1-5H3,(H2,11,12). The molecule has 0 aliphatic rings. The van der Waals surface area contributed by atoms with Gasteiger partial charge in [0.1, 0.15) is 5.84 Å². The van der Waals surface area contributed by atoms with E-state index in [1.165, 1.54) is 0 Å². The maximum atomic E-state index is 5.75. The molecule has 2 N–H and O–H groups in total. The van der Waals surface area contributed by atoms with Crippen molar-refractivity contribution in [2.75, 3.05) is 0 Å². The van der Waals surface area contributed by atoms with Gasteiger partial charge in [-0.3, -0.25) is 0 Å². The van der Waals surface area contributed by atoms with Crippen LogP contribution in [-0.4, -0.2) is 11.1 Å². The first kappa shape index (κ1) is 12.8. The minimum atomic E-state index is 0.358. The van der Waals surface area contributed by atoms with Gasteiger partial charge in [0.05, 0.1) is 0 Å². The van der Waals surface area contributed by atoms with Crippen LogP contribution in [0.3, 0.4) is 0 Å². The number of nitrogens with zero attached hydrogens (tertiary/aromatic N) is 1. The molecule has 0 aliphatic carbocycles. The molecule has 0 saturated carbocycles. The second kappa shape index (κ2) is 6.30. The molecule has 0 saturated heterocycles.